The highest BCUT2D eigenvalue weighted by molar-refractivity contribution is 5.12. The van der Waals surface area contributed by atoms with Crippen molar-refractivity contribution in [3.63, 3.8) is 0 Å². The summed E-state index contributed by atoms with van der Waals surface area (Å²) in [6.07, 6.45) is 1.25. The van der Waals surface area contributed by atoms with Crippen LogP contribution in [0.5, 0.6) is 0 Å². The minimum absolute atomic E-state index is 0.101. The van der Waals surface area contributed by atoms with E-state index < -0.39 is 0 Å². The number of ether oxygens (including phenoxy) is 1. The average molecular weight is 306 g/mol. The van der Waals surface area contributed by atoms with Gasteiger partial charge >= 0.3 is 0 Å². The summed E-state index contributed by atoms with van der Waals surface area (Å²) in [6, 6.07) is 0. The third-order valence-corrected chi connectivity index (χ3v) is 3.35. The summed E-state index contributed by atoms with van der Waals surface area (Å²) in [6.45, 7) is 10.4. The van der Waals surface area contributed by atoms with Gasteiger partial charge in [-0.3, -0.25) is 9.36 Å². The molecule has 2 rings (SSSR count). The predicted octanol–water partition coefficient (Wildman–Crippen LogP) is 2.03. The summed E-state index contributed by atoms with van der Waals surface area (Å²) in [4.78, 5) is 20.6. The Labute approximate surface area is 129 Å². The van der Waals surface area contributed by atoms with Gasteiger partial charge in [0, 0.05) is 17.9 Å². The second-order valence-electron chi connectivity index (χ2n) is 5.80. The Morgan fingerprint density at radius 3 is 2.73 bits per heavy atom. The highest BCUT2D eigenvalue weighted by Gasteiger charge is 2.16. The molecule has 0 aliphatic carbocycles. The van der Waals surface area contributed by atoms with Crippen LogP contribution in [0, 0.1) is 19.8 Å². The molecule has 0 radical (unpaired) electrons. The van der Waals surface area contributed by atoms with Gasteiger partial charge in [0.1, 0.15) is 12.6 Å². The minimum atomic E-state index is -0.241. The molecule has 2 aromatic heterocycles. The van der Waals surface area contributed by atoms with Gasteiger partial charge in [0.2, 0.25) is 5.89 Å². The molecule has 0 aromatic carbocycles. The van der Waals surface area contributed by atoms with Crippen LogP contribution in [-0.2, 0) is 11.3 Å². The Morgan fingerprint density at radius 2 is 2.05 bits per heavy atom. The molecule has 0 aliphatic heterocycles. The van der Waals surface area contributed by atoms with E-state index in [9.17, 15) is 4.79 Å². The van der Waals surface area contributed by atoms with Crippen molar-refractivity contribution in [3.05, 3.63) is 39.7 Å². The molecule has 120 valence electrons. The molecule has 0 saturated heterocycles. The molecular weight excluding hydrogens is 284 g/mol. The lowest BCUT2D eigenvalue weighted by atomic mass is 10.2. The van der Waals surface area contributed by atoms with Crippen molar-refractivity contribution >= 4 is 0 Å². The Morgan fingerprint density at radius 1 is 1.32 bits per heavy atom. The molecule has 22 heavy (non-hydrogen) atoms. The van der Waals surface area contributed by atoms with Gasteiger partial charge in [-0.2, -0.15) is 4.98 Å². The van der Waals surface area contributed by atoms with Crippen molar-refractivity contribution in [3.8, 4) is 0 Å². The van der Waals surface area contributed by atoms with Crippen molar-refractivity contribution in [2.75, 3.05) is 6.61 Å². The van der Waals surface area contributed by atoms with Crippen LogP contribution in [-0.4, -0.2) is 26.3 Å². The maximum atomic E-state index is 12.1. The molecular formula is C15H22N4O3. The molecule has 0 saturated carbocycles. The molecule has 0 aliphatic rings. The van der Waals surface area contributed by atoms with Crippen molar-refractivity contribution in [2.24, 2.45) is 5.92 Å². The third-order valence-electron chi connectivity index (χ3n) is 3.35. The molecule has 0 N–H and O–H groups in total. The first-order chi connectivity index (χ1) is 10.4. The van der Waals surface area contributed by atoms with Crippen molar-refractivity contribution in [1.29, 1.82) is 0 Å². The SMILES string of the molecule is Cc1ncn(Cc2nc(C(C)OCC(C)C)no2)c(=O)c1C. The average Bonchev–Trinajstić information content (AvgIpc) is 2.94. The summed E-state index contributed by atoms with van der Waals surface area (Å²) in [7, 11) is 0. The molecule has 2 aromatic rings. The van der Waals surface area contributed by atoms with Gasteiger partial charge in [0.25, 0.3) is 5.56 Å². The standard InChI is InChI=1S/C15H22N4O3/c1-9(2)7-21-12(5)14-17-13(22-18-14)6-19-8-16-11(4)10(3)15(19)20/h8-9,12H,6-7H2,1-5H3. The van der Waals surface area contributed by atoms with E-state index in [0.29, 0.717) is 29.8 Å². The van der Waals surface area contributed by atoms with E-state index in [4.69, 9.17) is 9.26 Å². The van der Waals surface area contributed by atoms with Crippen molar-refractivity contribution < 1.29 is 9.26 Å². The quantitative estimate of drug-likeness (QED) is 0.812. The zero-order chi connectivity index (χ0) is 16.3. The molecule has 0 fully saturated rings. The maximum Gasteiger partial charge on any atom is 0.256 e. The number of nitrogens with zero attached hydrogens (tertiary/aromatic N) is 4. The lowest BCUT2D eigenvalue weighted by Crippen LogP contribution is -2.24. The molecule has 2 heterocycles. The molecule has 7 heteroatoms. The molecule has 1 unspecified atom stereocenters. The van der Waals surface area contributed by atoms with Gasteiger partial charge in [-0.05, 0) is 26.7 Å². The first-order valence-corrected chi connectivity index (χ1v) is 7.35. The summed E-state index contributed by atoms with van der Waals surface area (Å²) >= 11 is 0. The van der Waals surface area contributed by atoms with Gasteiger partial charge in [-0.25, -0.2) is 4.98 Å². The lowest BCUT2D eigenvalue weighted by molar-refractivity contribution is 0.0402. The zero-order valence-electron chi connectivity index (χ0n) is 13.7. The smallest absolute Gasteiger partial charge is 0.256 e. The zero-order valence-corrected chi connectivity index (χ0v) is 13.7. The van der Waals surface area contributed by atoms with Crippen LogP contribution in [0.1, 0.15) is 49.8 Å². The first kappa shape index (κ1) is 16.4. The highest BCUT2D eigenvalue weighted by atomic mass is 16.5. The van der Waals surface area contributed by atoms with Crippen LogP contribution in [0.15, 0.2) is 15.6 Å². The Hall–Kier alpha value is -2.02. The number of rotatable bonds is 6. The number of hydrogen-bond acceptors (Lipinski definition) is 6. The van der Waals surface area contributed by atoms with Crippen LogP contribution < -0.4 is 5.56 Å². The second kappa shape index (κ2) is 6.83. The van der Waals surface area contributed by atoms with Crippen LogP contribution in [0.4, 0.5) is 0 Å². The monoisotopic (exact) mass is 306 g/mol. The van der Waals surface area contributed by atoms with Crippen LogP contribution >= 0.6 is 0 Å². The fraction of sp³-hybridized carbons (Fsp3) is 0.600. The van der Waals surface area contributed by atoms with Crippen LogP contribution in [0.25, 0.3) is 0 Å². The molecule has 0 amide bonds. The van der Waals surface area contributed by atoms with Gasteiger partial charge in [0.15, 0.2) is 5.82 Å². The van der Waals surface area contributed by atoms with E-state index in [2.05, 4.69) is 29.0 Å². The first-order valence-electron chi connectivity index (χ1n) is 7.35. The van der Waals surface area contributed by atoms with E-state index in [1.165, 1.54) is 10.9 Å². The summed E-state index contributed by atoms with van der Waals surface area (Å²) < 4.78 is 12.3. The van der Waals surface area contributed by atoms with Gasteiger partial charge in [0.05, 0.1) is 6.33 Å². The summed E-state index contributed by atoms with van der Waals surface area (Å²) in [5.41, 5.74) is 1.25. The molecule has 0 bridgehead atoms. The number of aryl methyl sites for hydroxylation is 1. The van der Waals surface area contributed by atoms with E-state index in [0.717, 1.165) is 5.69 Å². The normalized spacial score (nSPS) is 12.8. The predicted molar refractivity (Wildman–Crippen MR) is 80.6 cm³/mol. The minimum Gasteiger partial charge on any atom is -0.370 e. The largest absolute Gasteiger partial charge is 0.370 e. The maximum absolute atomic E-state index is 12.1. The number of aromatic nitrogens is 4. The molecule has 1 atom stereocenters. The second-order valence-corrected chi connectivity index (χ2v) is 5.80. The van der Waals surface area contributed by atoms with Crippen molar-refractivity contribution in [2.45, 2.75) is 47.3 Å². The van der Waals surface area contributed by atoms with E-state index >= 15 is 0 Å². The Kier molecular flexibility index (Phi) is 5.07. The fourth-order valence-electron chi connectivity index (χ4n) is 1.84. The van der Waals surface area contributed by atoms with Crippen LogP contribution in [0.2, 0.25) is 0 Å². The number of hydrogen-bond donors (Lipinski definition) is 0. The lowest BCUT2D eigenvalue weighted by Gasteiger charge is -2.10. The van der Waals surface area contributed by atoms with Gasteiger partial charge in [-0.15, -0.1) is 0 Å². The Bertz CT molecular complexity index is 690. The fourth-order valence-corrected chi connectivity index (χ4v) is 1.84. The Balaban J connectivity index is 2.09. The topological polar surface area (TPSA) is 83.0 Å². The van der Waals surface area contributed by atoms with E-state index in [-0.39, 0.29) is 18.2 Å². The highest BCUT2D eigenvalue weighted by Crippen LogP contribution is 2.14. The van der Waals surface area contributed by atoms with Gasteiger partial charge in [-0.1, -0.05) is 19.0 Å². The molecule has 0 spiro atoms. The summed E-state index contributed by atoms with van der Waals surface area (Å²) in [5.74, 6) is 1.29. The molecule has 7 nitrogen and oxygen atoms in total. The summed E-state index contributed by atoms with van der Waals surface area (Å²) in [5, 5.41) is 3.91. The van der Waals surface area contributed by atoms with Crippen LogP contribution in [0.3, 0.4) is 0 Å². The van der Waals surface area contributed by atoms with E-state index in [1.807, 2.05) is 6.92 Å². The third kappa shape index (κ3) is 3.79. The van der Waals surface area contributed by atoms with Gasteiger partial charge < -0.3 is 9.26 Å². The van der Waals surface area contributed by atoms with E-state index in [1.54, 1.807) is 13.8 Å². The van der Waals surface area contributed by atoms with Crippen molar-refractivity contribution in [1.82, 2.24) is 19.7 Å².